The van der Waals surface area contributed by atoms with Crippen molar-refractivity contribution < 1.29 is 18.0 Å². The standard InChI is InChI=1S/C15H21F3N2O/c1-3-4-5-9-19-14(21)11(2)20-13-8-6-7-12(10-13)15(16,17)18/h6-8,10-11,20H,3-5,9H2,1-2H3,(H,19,21). The molecule has 0 aliphatic rings. The Balaban J connectivity index is 2.54. The molecule has 118 valence electrons. The molecule has 6 heteroatoms. The molecule has 2 N–H and O–H groups in total. The van der Waals surface area contributed by atoms with Crippen LogP contribution in [0.15, 0.2) is 24.3 Å². The second-order valence-electron chi connectivity index (χ2n) is 4.94. The molecule has 0 bridgehead atoms. The molecule has 0 fully saturated rings. The lowest BCUT2D eigenvalue weighted by Gasteiger charge is -2.16. The lowest BCUT2D eigenvalue weighted by atomic mass is 10.1. The average Bonchev–Trinajstić information content (AvgIpc) is 2.42. The summed E-state index contributed by atoms with van der Waals surface area (Å²) in [4.78, 5) is 11.8. The molecule has 0 saturated heterocycles. The third-order valence-electron chi connectivity index (χ3n) is 3.05. The van der Waals surface area contributed by atoms with E-state index < -0.39 is 17.8 Å². The zero-order chi connectivity index (χ0) is 15.9. The molecule has 0 radical (unpaired) electrons. The molecule has 1 amide bonds. The Morgan fingerprint density at radius 2 is 2.00 bits per heavy atom. The second-order valence-corrected chi connectivity index (χ2v) is 4.94. The first-order valence-corrected chi connectivity index (χ1v) is 7.06. The van der Waals surface area contributed by atoms with E-state index in [4.69, 9.17) is 0 Å². The van der Waals surface area contributed by atoms with E-state index in [2.05, 4.69) is 17.6 Å². The van der Waals surface area contributed by atoms with Gasteiger partial charge in [-0.15, -0.1) is 0 Å². The van der Waals surface area contributed by atoms with Gasteiger partial charge in [0.15, 0.2) is 0 Å². The smallest absolute Gasteiger partial charge is 0.374 e. The SMILES string of the molecule is CCCCCNC(=O)C(C)Nc1cccc(C(F)(F)F)c1. The van der Waals surface area contributed by atoms with Gasteiger partial charge in [-0.2, -0.15) is 13.2 Å². The summed E-state index contributed by atoms with van der Waals surface area (Å²) in [5.74, 6) is -0.219. The summed E-state index contributed by atoms with van der Waals surface area (Å²) in [6, 6.07) is 4.24. The molecule has 1 aromatic carbocycles. The van der Waals surface area contributed by atoms with E-state index in [9.17, 15) is 18.0 Å². The molecular weight excluding hydrogens is 281 g/mol. The zero-order valence-electron chi connectivity index (χ0n) is 12.3. The maximum atomic E-state index is 12.6. The lowest BCUT2D eigenvalue weighted by molar-refractivity contribution is -0.137. The van der Waals surface area contributed by atoms with Gasteiger partial charge in [0.25, 0.3) is 0 Å². The molecule has 3 nitrogen and oxygen atoms in total. The minimum Gasteiger partial charge on any atom is -0.374 e. The van der Waals surface area contributed by atoms with E-state index in [1.165, 1.54) is 12.1 Å². The van der Waals surface area contributed by atoms with Crippen molar-refractivity contribution in [2.24, 2.45) is 0 Å². The quantitative estimate of drug-likeness (QED) is 0.752. The van der Waals surface area contributed by atoms with Crippen LogP contribution in [0.25, 0.3) is 0 Å². The molecule has 1 unspecified atom stereocenters. The maximum Gasteiger partial charge on any atom is 0.416 e. The number of unbranched alkanes of at least 4 members (excludes halogenated alkanes) is 2. The fourth-order valence-electron chi connectivity index (χ4n) is 1.84. The largest absolute Gasteiger partial charge is 0.416 e. The summed E-state index contributed by atoms with van der Waals surface area (Å²) in [7, 11) is 0. The van der Waals surface area contributed by atoms with Crippen molar-refractivity contribution in [1.82, 2.24) is 5.32 Å². The maximum absolute atomic E-state index is 12.6. The molecule has 1 aromatic rings. The number of hydrogen-bond donors (Lipinski definition) is 2. The Labute approximate surface area is 122 Å². The number of benzene rings is 1. The number of anilines is 1. The Morgan fingerprint density at radius 3 is 2.62 bits per heavy atom. The molecule has 0 heterocycles. The summed E-state index contributed by atoms with van der Waals surface area (Å²) < 4.78 is 37.8. The van der Waals surface area contributed by atoms with Crippen molar-refractivity contribution in [2.45, 2.75) is 45.3 Å². The molecule has 0 spiro atoms. The number of amides is 1. The number of carbonyl (C=O) groups excluding carboxylic acids is 1. The van der Waals surface area contributed by atoms with Gasteiger partial charge >= 0.3 is 6.18 Å². The molecule has 1 rings (SSSR count). The Bertz CT molecular complexity index is 460. The van der Waals surface area contributed by atoms with Gasteiger partial charge in [0.2, 0.25) is 5.91 Å². The van der Waals surface area contributed by atoms with E-state index in [0.717, 1.165) is 31.4 Å². The van der Waals surface area contributed by atoms with Crippen LogP contribution in [0.1, 0.15) is 38.7 Å². The Hall–Kier alpha value is -1.72. The first-order chi connectivity index (χ1) is 9.84. The van der Waals surface area contributed by atoms with Crippen molar-refractivity contribution in [2.75, 3.05) is 11.9 Å². The van der Waals surface area contributed by atoms with Crippen LogP contribution in [0.4, 0.5) is 18.9 Å². The third kappa shape index (κ3) is 6.06. The minimum absolute atomic E-state index is 0.219. The van der Waals surface area contributed by atoms with Gasteiger partial charge in [-0.25, -0.2) is 0 Å². The van der Waals surface area contributed by atoms with Crippen molar-refractivity contribution >= 4 is 11.6 Å². The Kier molecular flexibility index (Phi) is 6.52. The molecule has 21 heavy (non-hydrogen) atoms. The van der Waals surface area contributed by atoms with E-state index in [0.29, 0.717) is 6.54 Å². The predicted octanol–water partition coefficient (Wildman–Crippen LogP) is 3.81. The van der Waals surface area contributed by atoms with E-state index in [1.54, 1.807) is 6.92 Å². The number of alkyl halides is 3. The fraction of sp³-hybridized carbons (Fsp3) is 0.533. The van der Waals surface area contributed by atoms with Gasteiger partial charge in [-0.05, 0) is 31.5 Å². The number of halogens is 3. The van der Waals surface area contributed by atoms with Crippen LogP contribution in [0.2, 0.25) is 0 Å². The summed E-state index contributed by atoms with van der Waals surface area (Å²) in [6.45, 7) is 4.27. The van der Waals surface area contributed by atoms with E-state index >= 15 is 0 Å². The van der Waals surface area contributed by atoms with Crippen LogP contribution < -0.4 is 10.6 Å². The number of rotatable bonds is 7. The zero-order valence-corrected chi connectivity index (χ0v) is 12.3. The summed E-state index contributed by atoms with van der Waals surface area (Å²) in [5.41, 5.74) is -0.455. The van der Waals surface area contributed by atoms with Crippen molar-refractivity contribution in [3.63, 3.8) is 0 Å². The van der Waals surface area contributed by atoms with Gasteiger partial charge in [0.05, 0.1) is 5.56 Å². The highest BCUT2D eigenvalue weighted by Crippen LogP contribution is 2.30. The molecule has 0 saturated carbocycles. The third-order valence-corrected chi connectivity index (χ3v) is 3.05. The molecular formula is C15H21F3N2O. The molecule has 1 atom stereocenters. The van der Waals surface area contributed by atoms with Crippen LogP contribution in [0, 0.1) is 0 Å². The second kappa shape index (κ2) is 7.90. The van der Waals surface area contributed by atoms with Crippen LogP contribution in [-0.4, -0.2) is 18.5 Å². The van der Waals surface area contributed by atoms with Gasteiger partial charge in [-0.3, -0.25) is 4.79 Å². The molecule has 0 aromatic heterocycles. The lowest BCUT2D eigenvalue weighted by Crippen LogP contribution is -2.38. The first-order valence-electron chi connectivity index (χ1n) is 7.06. The predicted molar refractivity (Wildman–Crippen MR) is 77.1 cm³/mol. The highest BCUT2D eigenvalue weighted by Gasteiger charge is 2.30. The molecule has 0 aliphatic heterocycles. The van der Waals surface area contributed by atoms with Crippen molar-refractivity contribution in [3.8, 4) is 0 Å². The molecule has 0 aliphatic carbocycles. The number of carbonyl (C=O) groups is 1. The van der Waals surface area contributed by atoms with Crippen LogP contribution >= 0.6 is 0 Å². The van der Waals surface area contributed by atoms with E-state index in [-0.39, 0.29) is 11.6 Å². The van der Waals surface area contributed by atoms with E-state index in [1.807, 2.05) is 0 Å². The van der Waals surface area contributed by atoms with Gasteiger partial charge < -0.3 is 10.6 Å². The average molecular weight is 302 g/mol. The fourth-order valence-corrected chi connectivity index (χ4v) is 1.84. The monoisotopic (exact) mass is 302 g/mol. The van der Waals surface area contributed by atoms with Crippen LogP contribution in [0.3, 0.4) is 0 Å². The summed E-state index contributed by atoms with van der Waals surface area (Å²) in [6.07, 6.45) is -1.38. The Morgan fingerprint density at radius 1 is 1.29 bits per heavy atom. The van der Waals surface area contributed by atoms with Crippen molar-refractivity contribution in [3.05, 3.63) is 29.8 Å². The first kappa shape index (κ1) is 17.3. The topological polar surface area (TPSA) is 41.1 Å². The highest BCUT2D eigenvalue weighted by atomic mass is 19.4. The highest BCUT2D eigenvalue weighted by molar-refractivity contribution is 5.84. The van der Waals surface area contributed by atoms with Crippen molar-refractivity contribution in [1.29, 1.82) is 0 Å². The van der Waals surface area contributed by atoms with Crippen LogP contribution in [-0.2, 0) is 11.0 Å². The summed E-state index contributed by atoms with van der Waals surface area (Å²) in [5, 5.41) is 5.54. The normalized spacial score (nSPS) is 12.8. The van der Waals surface area contributed by atoms with Gasteiger partial charge in [0.1, 0.15) is 6.04 Å². The number of hydrogen-bond acceptors (Lipinski definition) is 2. The number of nitrogens with one attached hydrogen (secondary N) is 2. The van der Waals surface area contributed by atoms with Crippen LogP contribution in [0.5, 0.6) is 0 Å². The van der Waals surface area contributed by atoms with Gasteiger partial charge in [-0.1, -0.05) is 25.8 Å². The summed E-state index contributed by atoms with van der Waals surface area (Å²) >= 11 is 0. The van der Waals surface area contributed by atoms with Gasteiger partial charge in [0, 0.05) is 12.2 Å². The minimum atomic E-state index is -4.39.